The molecule has 3 rings (SSSR count). The maximum absolute atomic E-state index is 12.6. The van der Waals surface area contributed by atoms with Crippen molar-refractivity contribution in [3.05, 3.63) is 66.2 Å². The average molecular weight is 379 g/mol. The molecule has 144 valence electrons. The second kappa shape index (κ2) is 8.43. The summed E-state index contributed by atoms with van der Waals surface area (Å²) in [4.78, 5) is 24.3. The predicted molar refractivity (Wildman–Crippen MR) is 107 cm³/mol. The fraction of sp³-hybridized carbons (Fsp3) is 0.182. The first-order valence-corrected chi connectivity index (χ1v) is 8.75. The molecule has 0 aromatic heterocycles. The molecule has 3 aromatic rings. The Morgan fingerprint density at radius 2 is 1.68 bits per heavy atom. The Kier molecular flexibility index (Phi) is 5.79. The van der Waals surface area contributed by atoms with Gasteiger partial charge in [-0.3, -0.25) is 4.79 Å². The minimum Gasteiger partial charge on any atom is -0.493 e. The van der Waals surface area contributed by atoms with E-state index in [2.05, 4.69) is 5.32 Å². The van der Waals surface area contributed by atoms with E-state index in [9.17, 15) is 9.59 Å². The molecule has 0 aliphatic carbocycles. The molecule has 0 saturated carbocycles. The number of carbonyl (C=O) groups excluding carboxylic acids is 2. The maximum Gasteiger partial charge on any atom is 0.337 e. The Balaban J connectivity index is 1.76. The van der Waals surface area contributed by atoms with E-state index in [0.29, 0.717) is 22.7 Å². The number of hydrogen-bond acceptors (Lipinski definition) is 5. The van der Waals surface area contributed by atoms with Gasteiger partial charge in [-0.15, -0.1) is 0 Å². The van der Waals surface area contributed by atoms with Gasteiger partial charge in [-0.05, 0) is 36.6 Å². The molecule has 6 nitrogen and oxygen atoms in total. The first kappa shape index (κ1) is 19.2. The molecule has 3 aromatic carbocycles. The lowest BCUT2D eigenvalue weighted by molar-refractivity contribution is -0.122. The van der Waals surface area contributed by atoms with Gasteiger partial charge in [0.25, 0.3) is 5.91 Å². The van der Waals surface area contributed by atoms with Crippen LogP contribution in [0.5, 0.6) is 11.5 Å². The Bertz CT molecular complexity index is 1010. The van der Waals surface area contributed by atoms with Crippen LogP contribution < -0.4 is 14.8 Å². The number of esters is 1. The summed E-state index contributed by atoms with van der Waals surface area (Å²) in [6.45, 7) is 1.65. The van der Waals surface area contributed by atoms with E-state index >= 15 is 0 Å². The molecule has 28 heavy (non-hydrogen) atoms. The van der Waals surface area contributed by atoms with Gasteiger partial charge in [-0.2, -0.15) is 0 Å². The van der Waals surface area contributed by atoms with Gasteiger partial charge >= 0.3 is 5.97 Å². The molecule has 6 heteroatoms. The van der Waals surface area contributed by atoms with Gasteiger partial charge < -0.3 is 19.5 Å². The monoisotopic (exact) mass is 379 g/mol. The van der Waals surface area contributed by atoms with Crippen LogP contribution in [0.3, 0.4) is 0 Å². The summed E-state index contributed by atoms with van der Waals surface area (Å²) in [5.74, 6) is -0.0783. The number of methoxy groups -OCH3 is 2. The highest BCUT2D eigenvalue weighted by Gasteiger charge is 2.19. The summed E-state index contributed by atoms with van der Waals surface area (Å²) in [6.07, 6.45) is -0.781. The van der Waals surface area contributed by atoms with Crippen LogP contribution >= 0.6 is 0 Å². The zero-order chi connectivity index (χ0) is 20.1. The highest BCUT2D eigenvalue weighted by molar-refractivity contribution is 6.03. The minimum absolute atomic E-state index is 0.296. The van der Waals surface area contributed by atoms with Gasteiger partial charge in [0.1, 0.15) is 0 Å². The molecular weight excluding hydrogens is 358 g/mol. The van der Waals surface area contributed by atoms with E-state index in [4.69, 9.17) is 14.2 Å². The van der Waals surface area contributed by atoms with Gasteiger partial charge in [0.2, 0.25) is 0 Å². The number of amides is 1. The number of hydrogen-bond donors (Lipinski definition) is 1. The van der Waals surface area contributed by atoms with Crippen LogP contribution in [-0.4, -0.2) is 32.2 Å². The van der Waals surface area contributed by atoms with Crippen molar-refractivity contribution in [3.8, 4) is 11.5 Å². The van der Waals surface area contributed by atoms with E-state index in [0.717, 1.165) is 10.8 Å². The van der Waals surface area contributed by atoms with E-state index in [1.54, 1.807) is 19.1 Å². The van der Waals surface area contributed by atoms with Crippen molar-refractivity contribution >= 4 is 28.3 Å². The van der Waals surface area contributed by atoms with Crippen LogP contribution in [0, 0.1) is 0 Å². The largest absolute Gasteiger partial charge is 0.493 e. The van der Waals surface area contributed by atoms with E-state index in [-0.39, 0.29) is 5.91 Å². The van der Waals surface area contributed by atoms with Crippen LogP contribution in [0.15, 0.2) is 60.7 Å². The average Bonchev–Trinajstić information content (AvgIpc) is 2.73. The van der Waals surface area contributed by atoms with Crippen LogP contribution in [0.2, 0.25) is 0 Å². The van der Waals surface area contributed by atoms with Crippen molar-refractivity contribution in [2.45, 2.75) is 13.0 Å². The number of ether oxygens (including phenoxy) is 3. The van der Waals surface area contributed by atoms with Crippen LogP contribution in [0.25, 0.3) is 10.8 Å². The number of benzene rings is 3. The van der Waals surface area contributed by atoms with Gasteiger partial charge in [-0.25, -0.2) is 4.79 Å². The number of rotatable bonds is 6. The van der Waals surface area contributed by atoms with Crippen molar-refractivity contribution < 1.29 is 23.8 Å². The number of nitrogens with one attached hydrogen (secondary N) is 1. The zero-order valence-electron chi connectivity index (χ0n) is 15.9. The van der Waals surface area contributed by atoms with Crippen molar-refractivity contribution in [2.24, 2.45) is 0 Å². The normalized spacial score (nSPS) is 11.5. The first-order valence-electron chi connectivity index (χ1n) is 8.75. The third-order valence-electron chi connectivity index (χ3n) is 4.31. The van der Waals surface area contributed by atoms with Crippen molar-refractivity contribution in [1.29, 1.82) is 0 Å². The Morgan fingerprint density at radius 1 is 0.929 bits per heavy atom. The molecule has 0 aliphatic rings. The Labute approximate surface area is 163 Å². The predicted octanol–water partition coefficient (Wildman–Crippen LogP) is 4.04. The molecule has 1 N–H and O–H groups in total. The van der Waals surface area contributed by atoms with Crippen LogP contribution in [0.4, 0.5) is 5.69 Å². The number of carbonyl (C=O) groups is 2. The third-order valence-corrected chi connectivity index (χ3v) is 4.31. The summed E-state index contributed by atoms with van der Waals surface area (Å²) in [5.41, 5.74) is 1.05. The van der Waals surface area contributed by atoms with Crippen LogP contribution in [0.1, 0.15) is 17.3 Å². The Hall–Kier alpha value is -3.54. The van der Waals surface area contributed by atoms with Gasteiger partial charge in [0.15, 0.2) is 17.6 Å². The lowest BCUT2D eigenvalue weighted by Crippen LogP contribution is -2.30. The lowest BCUT2D eigenvalue weighted by atomic mass is 10.1. The standard InChI is InChI=1S/C22H21NO5/c1-14(28-19-12-11-16(22(25)27-3)13-20(19)26-2)21(24)23-18-10-6-8-15-7-4-5-9-17(15)18/h4-14H,1-3H3,(H,23,24)/t14-/m0/s1. The van der Waals surface area contributed by atoms with Gasteiger partial charge in [0, 0.05) is 11.1 Å². The summed E-state index contributed by atoms with van der Waals surface area (Å²) in [7, 11) is 2.77. The summed E-state index contributed by atoms with van der Waals surface area (Å²) in [6, 6.07) is 18.2. The quantitative estimate of drug-likeness (QED) is 0.654. The fourth-order valence-electron chi connectivity index (χ4n) is 2.82. The van der Waals surface area contributed by atoms with Gasteiger partial charge in [-0.1, -0.05) is 36.4 Å². The minimum atomic E-state index is -0.781. The second-order valence-corrected chi connectivity index (χ2v) is 6.13. The molecule has 0 heterocycles. The highest BCUT2D eigenvalue weighted by Crippen LogP contribution is 2.30. The molecule has 1 atom stereocenters. The van der Waals surface area contributed by atoms with Crippen molar-refractivity contribution in [2.75, 3.05) is 19.5 Å². The molecule has 0 spiro atoms. The molecule has 0 radical (unpaired) electrons. The van der Waals surface area contributed by atoms with Crippen LogP contribution in [-0.2, 0) is 9.53 Å². The SMILES string of the molecule is COC(=O)c1ccc(O[C@@H](C)C(=O)Nc2cccc3ccccc23)c(OC)c1. The molecule has 0 saturated heterocycles. The van der Waals surface area contributed by atoms with Crippen molar-refractivity contribution in [1.82, 2.24) is 0 Å². The summed E-state index contributed by atoms with van der Waals surface area (Å²) < 4.78 is 15.7. The van der Waals surface area contributed by atoms with E-state index in [1.807, 2.05) is 42.5 Å². The number of anilines is 1. The Morgan fingerprint density at radius 3 is 2.43 bits per heavy atom. The van der Waals surface area contributed by atoms with Gasteiger partial charge in [0.05, 0.1) is 19.8 Å². The smallest absolute Gasteiger partial charge is 0.337 e. The molecular formula is C22H21NO5. The fourth-order valence-corrected chi connectivity index (χ4v) is 2.82. The van der Waals surface area contributed by atoms with E-state index in [1.165, 1.54) is 20.3 Å². The maximum atomic E-state index is 12.6. The third kappa shape index (κ3) is 4.06. The molecule has 0 unspecified atom stereocenters. The summed E-state index contributed by atoms with van der Waals surface area (Å²) in [5, 5.41) is 4.89. The molecule has 0 aliphatic heterocycles. The zero-order valence-corrected chi connectivity index (χ0v) is 15.9. The first-order chi connectivity index (χ1) is 13.5. The lowest BCUT2D eigenvalue weighted by Gasteiger charge is -2.18. The molecule has 1 amide bonds. The topological polar surface area (TPSA) is 73.9 Å². The number of fused-ring (bicyclic) bond motifs is 1. The highest BCUT2D eigenvalue weighted by atomic mass is 16.5. The van der Waals surface area contributed by atoms with Crippen molar-refractivity contribution in [3.63, 3.8) is 0 Å². The molecule has 0 bridgehead atoms. The van der Waals surface area contributed by atoms with E-state index < -0.39 is 12.1 Å². The summed E-state index contributed by atoms with van der Waals surface area (Å²) >= 11 is 0. The molecule has 0 fully saturated rings. The second-order valence-electron chi connectivity index (χ2n) is 6.13.